The first-order valence-electron chi connectivity index (χ1n) is 9.63. The van der Waals surface area contributed by atoms with Gasteiger partial charge in [-0.1, -0.05) is 0 Å². The van der Waals surface area contributed by atoms with Gasteiger partial charge in [-0.05, 0) is 72.3 Å². The van der Waals surface area contributed by atoms with Gasteiger partial charge in [0.15, 0.2) is 0 Å². The van der Waals surface area contributed by atoms with Crippen molar-refractivity contribution in [3.8, 4) is 0 Å². The Morgan fingerprint density at radius 2 is 1.71 bits per heavy atom. The first-order valence-corrected chi connectivity index (χ1v) is 9.63. The molecule has 3 rings (SSSR count). The molecule has 1 amide bonds. The van der Waals surface area contributed by atoms with E-state index in [4.69, 9.17) is 9.47 Å². The SMILES string of the molecule is CN(CC1CCOCC1)C1C[C@H]2CC[C@@H](C1)N2C(=O)OC(C)(C)C. The Bertz CT molecular complexity index is 428. The minimum atomic E-state index is -0.410. The standard InChI is InChI=1S/C19H34N2O3/c1-19(2,3)24-18(22)21-15-5-6-16(21)12-17(11-15)20(4)13-14-7-9-23-10-8-14/h14-17H,5-13H2,1-4H3/t15-,16+,17?. The van der Waals surface area contributed by atoms with Crippen LogP contribution in [0.5, 0.6) is 0 Å². The Balaban J connectivity index is 1.55. The maximum absolute atomic E-state index is 12.5. The van der Waals surface area contributed by atoms with Crippen molar-refractivity contribution >= 4 is 6.09 Å². The highest BCUT2D eigenvalue weighted by molar-refractivity contribution is 5.69. The van der Waals surface area contributed by atoms with Gasteiger partial charge in [-0.3, -0.25) is 0 Å². The summed E-state index contributed by atoms with van der Waals surface area (Å²) < 4.78 is 11.1. The zero-order valence-corrected chi connectivity index (χ0v) is 15.8. The van der Waals surface area contributed by atoms with Crippen molar-refractivity contribution in [2.45, 2.75) is 83.0 Å². The number of amides is 1. The predicted molar refractivity (Wildman–Crippen MR) is 94.1 cm³/mol. The topological polar surface area (TPSA) is 42.0 Å². The number of carbonyl (C=O) groups excluding carboxylic acids is 1. The highest BCUT2D eigenvalue weighted by atomic mass is 16.6. The zero-order valence-electron chi connectivity index (χ0n) is 15.8. The molecule has 3 fully saturated rings. The summed E-state index contributed by atoms with van der Waals surface area (Å²) in [6.45, 7) is 8.84. The largest absolute Gasteiger partial charge is 0.444 e. The van der Waals surface area contributed by atoms with E-state index in [2.05, 4.69) is 11.9 Å². The Hall–Kier alpha value is -0.810. The molecule has 0 aromatic carbocycles. The highest BCUT2D eigenvalue weighted by Gasteiger charge is 2.45. The van der Waals surface area contributed by atoms with Crippen LogP contribution in [0.15, 0.2) is 0 Å². The van der Waals surface area contributed by atoms with E-state index >= 15 is 0 Å². The second-order valence-electron chi connectivity index (χ2n) is 8.89. The van der Waals surface area contributed by atoms with Crippen molar-refractivity contribution in [2.75, 3.05) is 26.8 Å². The molecule has 3 saturated heterocycles. The van der Waals surface area contributed by atoms with E-state index in [0.717, 1.165) is 44.8 Å². The van der Waals surface area contributed by atoms with Gasteiger partial charge in [0.1, 0.15) is 5.60 Å². The zero-order chi connectivity index (χ0) is 17.3. The molecule has 0 spiro atoms. The van der Waals surface area contributed by atoms with Crippen LogP contribution in [0.4, 0.5) is 4.79 Å². The summed E-state index contributed by atoms with van der Waals surface area (Å²) in [6.07, 6.45) is 6.71. The maximum atomic E-state index is 12.5. The van der Waals surface area contributed by atoms with Crippen LogP contribution in [0, 0.1) is 5.92 Å². The second kappa shape index (κ2) is 7.20. The van der Waals surface area contributed by atoms with E-state index in [-0.39, 0.29) is 6.09 Å². The van der Waals surface area contributed by atoms with Crippen molar-refractivity contribution in [3.05, 3.63) is 0 Å². The van der Waals surface area contributed by atoms with Crippen LogP contribution in [0.2, 0.25) is 0 Å². The average Bonchev–Trinajstić information content (AvgIpc) is 2.77. The fourth-order valence-electron chi connectivity index (χ4n) is 4.61. The Labute approximate surface area is 146 Å². The van der Waals surface area contributed by atoms with Gasteiger partial charge in [0.2, 0.25) is 0 Å². The van der Waals surface area contributed by atoms with Gasteiger partial charge in [-0.15, -0.1) is 0 Å². The molecule has 3 heterocycles. The van der Waals surface area contributed by atoms with Crippen molar-refractivity contribution < 1.29 is 14.3 Å². The summed E-state index contributed by atoms with van der Waals surface area (Å²) in [5.74, 6) is 0.769. The van der Waals surface area contributed by atoms with Crippen molar-refractivity contribution in [3.63, 3.8) is 0 Å². The fraction of sp³-hybridized carbons (Fsp3) is 0.947. The molecule has 0 N–H and O–H groups in total. The molecule has 5 heteroatoms. The molecule has 2 bridgehead atoms. The molecule has 0 aliphatic carbocycles. The predicted octanol–water partition coefficient (Wildman–Crippen LogP) is 3.28. The Kier molecular flexibility index (Phi) is 5.40. The molecular weight excluding hydrogens is 304 g/mol. The number of rotatable bonds is 3. The number of hydrogen-bond donors (Lipinski definition) is 0. The molecule has 5 nitrogen and oxygen atoms in total. The molecule has 0 saturated carbocycles. The van der Waals surface area contributed by atoms with E-state index < -0.39 is 5.60 Å². The second-order valence-corrected chi connectivity index (χ2v) is 8.89. The molecule has 0 aromatic heterocycles. The molecule has 0 radical (unpaired) electrons. The quantitative estimate of drug-likeness (QED) is 0.792. The van der Waals surface area contributed by atoms with Crippen molar-refractivity contribution in [2.24, 2.45) is 5.92 Å². The van der Waals surface area contributed by atoms with Gasteiger partial charge in [0.25, 0.3) is 0 Å². The monoisotopic (exact) mass is 338 g/mol. The van der Waals surface area contributed by atoms with Crippen molar-refractivity contribution in [1.29, 1.82) is 0 Å². The van der Waals surface area contributed by atoms with Gasteiger partial charge in [-0.2, -0.15) is 0 Å². The van der Waals surface area contributed by atoms with Crippen LogP contribution >= 0.6 is 0 Å². The normalized spacial score (nSPS) is 31.5. The lowest BCUT2D eigenvalue weighted by Crippen LogP contribution is -2.53. The minimum Gasteiger partial charge on any atom is -0.444 e. The van der Waals surface area contributed by atoms with Crippen LogP contribution in [-0.2, 0) is 9.47 Å². The van der Waals surface area contributed by atoms with Gasteiger partial charge >= 0.3 is 6.09 Å². The van der Waals surface area contributed by atoms with Crippen LogP contribution in [0.3, 0.4) is 0 Å². The number of nitrogens with zero attached hydrogens (tertiary/aromatic N) is 2. The maximum Gasteiger partial charge on any atom is 0.410 e. The van der Waals surface area contributed by atoms with Gasteiger partial charge in [0, 0.05) is 37.9 Å². The minimum absolute atomic E-state index is 0.111. The van der Waals surface area contributed by atoms with E-state index in [1.807, 2.05) is 25.7 Å². The third-order valence-electron chi connectivity index (χ3n) is 5.82. The van der Waals surface area contributed by atoms with E-state index in [1.165, 1.54) is 19.4 Å². The lowest BCUT2D eigenvalue weighted by Gasteiger charge is -2.43. The Morgan fingerprint density at radius 1 is 1.12 bits per heavy atom. The average molecular weight is 338 g/mol. The van der Waals surface area contributed by atoms with Crippen LogP contribution < -0.4 is 0 Å². The molecule has 3 atom stereocenters. The lowest BCUT2D eigenvalue weighted by atomic mass is 9.94. The fourth-order valence-corrected chi connectivity index (χ4v) is 4.61. The molecular formula is C19H34N2O3. The Morgan fingerprint density at radius 3 is 2.25 bits per heavy atom. The lowest BCUT2D eigenvalue weighted by molar-refractivity contribution is -0.00602. The third-order valence-corrected chi connectivity index (χ3v) is 5.82. The summed E-state index contributed by atoms with van der Waals surface area (Å²) >= 11 is 0. The highest BCUT2D eigenvalue weighted by Crippen LogP contribution is 2.38. The number of carbonyl (C=O) groups is 1. The number of hydrogen-bond acceptors (Lipinski definition) is 4. The van der Waals surface area contributed by atoms with Crippen molar-refractivity contribution in [1.82, 2.24) is 9.80 Å². The number of fused-ring (bicyclic) bond motifs is 2. The van der Waals surface area contributed by atoms with Crippen LogP contribution in [-0.4, -0.2) is 66.4 Å². The number of piperidine rings is 1. The summed E-state index contributed by atoms with van der Waals surface area (Å²) in [4.78, 5) is 17.1. The van der Waals surface area contributed by atoms with E-state index in [9.17, 15) is 4.79 Å². The van der Waals surface area contributed by atoms with Crippen LogP contribution in [0.1, 0.15) is 59.3 Å². The van der Waals surface area contributed by atoms with Gasteiger partial charge < -0.3 is 19.3 Å². The molecule has 138 valence electrons. The first-order chi connectivity index (χ1) is 11.3. The van der Waals surface area contributed by atoms with Gasteiger partial charge in [0.05, 0.1) is 0 Å². The molecule has 0 aromatic rings. The summed E-state index contributed by atoms with van der Waals surface area (Å²) in [5, 5.41) is 0. The molecule has 3 aliphatic heterocycles. The smallest absolute Gasteiger partial charge is 0.410 e. The van der Waals surface area contributed by atoms with E-state index in [1.54, 1.807) is 0 Å². The molecule has 3 aliphatic rings. The van der Waals surface area contributed by atoms with E-state index in [0.29, 0.717) is 18.1 Å². The first kappa shape index (κ1) is 18.0. The van der Waals surface area contributed by atoms with Crippen LogP contribution in [0.25, 0.3) is 0 Å². The molecule has 24 heavy (non-hydrogen) atoms. The summed E-state index contributed by atoms with van der Waals surface area (Å²) in [6, 6.07) is 1.32. The van der Waals surface area contributed by atoms with Gasteiger partial charge in [-0.25, -0.2) is 4.79 Å². The summed E-state index contributed by atoms with van der Waals surface area (Å²) in [5.41, 5.74) is -0.410. The molecule has 1 unspecified atom stereocenters. The third kappa shape index (κ3) is 4.23. The summed E-state index contributed by atoms with van der Waals surface area (Å²) in [7, 11) is 2.27. The number of ether oxygens (including phenoxy) is 2.